The quantitative estimate of drug-likeness (QED) is 0.846. The second kappa shape index (κ2) is 6.39. The SMILES string of the molecule is CCc1cccc(CC)c1Nc1cccc(CN)c1. The van der Waals surface area contributed by atoms with Gasteiger partial charge in [0.1, 0.15) is 0 Å². The molecule has 0 amide bonds. The fourth-order valence-electron chi connectivity index (χ4n) is 2.32. The van der Waals surface area contributed by atoms with E-state index >= 15 is 0 Å². The molecule has 19 heavy (non-hydrogen) atoms. The summed E-state index contributed by atoms with van der Waals surface area (Å²) in [6, 6.07) is 14.8. The Hall–Kier alpha value is -1.80. The van der Waals surface area contributed by atoms with Gasteiger partial charge in [0, 0.05) is 17.9 Å². The maximum absolute atomic E-state index is 5.70. The molecule has 0 aliphatic rings. The molecule has 0 radical (unpaired) electrons. The molecule has 0 spiro atoms. The van der Waals surface area contributed by atoms with Crippen molar-refractivity contribution in [1.29, 1.82) is 0 Å². The third-order valence-corrected chi connectivity index (χ3v) is 3.43. The predicted molar refractivity (Wildman–Crippen MR) is 82.8 cm³/mol. The molecule has 0 bridgehead atoms. The van der Waals surface area contributed by atoms with Crippen LogP contribution in [0.1, 0.15) is 30.5 Å². The van der Waals surface area contributed by atoms with E-state index in [1.165, 1.54) is 16.8 Å². The molecule has 0 heterocycles. The van der Waals surface area contributed by atoms with Crippen LogP contribution in [0.4, 0.5) is 11.4 Å². The summed E-state index contributed by atoms with van der Waals surface area (Å²) in [5, 5.41) is 3.56. The minimum absolute atomic E-state index is 0.575. The number of benzene rings is 2. The van der Waals surface area contributed by atoms with Crippen molar-refractivity contribution in [3.05, 3.63) is 59.2 Å². The van der Waals surface area contributed by atoms with E-state index in [0.29, 0.717) is 6.54 Å². The van der Waals surface area contributed by atoms with E-state index in [9.17, 15) is 0 Å². The van der Waals surface area contributed by atoms with Gasteiger partial charge >= 0.3 is 0 Å². The highest BCUT2D eigenvalue weighted by atomic mass is 14.9. The fourth-order valence-corrected chi connectivity index (χ4v) is 2.32. The molecular weight excluding hydrogens is 232 g/mol. The van der Waals surface area contributed by atoms with Crippen molar-refractivity contribution in [2.45, 2.75) is 33.2 Å². The van der Waals surface area contributed by atoms with E-state index in [0.717, 1.165) is 24.1 Å². The zero-order chi connectivity index (χ0) is 13.7. The second-order valence-electron chi connectivity index (χ2n) is 4.69. The van der Waals surface area contributed by atoms with Gasteiger partial charge in [0.25, 0.3) is 0 Å². The summed E-state index contributed by atoms with van der Waals surface area (Å²) in [5.41, 5.74) is 11.9. The Bertz CT molecular complexity index is 524. The zero-order valence-electron chi connectivity index (χ0n) is 11.7. The van der Waals surface area contributed by atoms with Gasteiger partial charge in [0.05, 0.1) is 0 Å². The molecule has 2 rings (SSSR count). The Balaban J connectivity index is 2.36. The number of aryl methyl sites for hydroxylation is 2. The largest absolute Gasteiger partial charge is 0.355 e. The van der Waals surface area contributed by atoms with Crippen LogP contribution in [0.2, 0.25) is 0 Å². The molecule has 3 N–H and O–H groups in total. The first-order chi connectivity index (χ1) is 9.28. The molecule has 0 saturated heterocycles. The van der Waals surface area contributed by atoms with Gasteiger partial charge in [0.2, 0.25) is 0 Å². The monoisotopic (exact) mass is 254 g/mol. The summed E-state index contributed by atoms with van der Waals surface area (Å²) < 4.78 is 0. The average Bonchev–Trinajstić information content (AvgIpc) is 2.47. The third kappa shape index (κ3) is 3.15. The first-order valence-corrected chi connectivity index (χ1v) is 6.95. The van der Waals surface area contributed by atoms with E-state index in [1.54, 1.807) is 0 Å². The Kier molecular flexibility index (Phi) is 4.58. The molecule has 0 aromatic heterocycles. The Labute approximate surface area is 115 Å². The number of para-hydroxylation sites is 1. The van der Waals surface area contributed by atoms with Crippen LogP contribution in [0.5, 0.6) is 0 Å². The number of rotatable bonds is 5. The minimum Gasteiger partial charge on any atom is -0.355 e. The van der Waals surface area contributed by atoms with Crippen molar-refractivity contribution in [2.75, 3.05) is 5.32 Å². The van der Waals surface area contributed by atoms with Gasteiger partial charge in [0.15, 0.2) is 0 Å². The van der Waals surface area contributed by atoms with E-state index in [4.69, 9.17) is 5.73 Å². The fraction of sp³-hybridized carbons (Fsp3) is 0.294. The van der Waals surface area contributed by atoms with Crippen molar-refractivity contribution < 1.29 is 0 Å². The standard InChI is InChI=1S/C17H22N2/c1-3-14-8-6-9-15(4-2)17(14)19-16-10-5-7-13(11-16)12-18/h5-11,19H,3-4,12,18H2,1-2H3. The van der Waals surface area contributed by atoms with Gasteiger partial charge in [-0.15, -0.1) is 0 Å². The highest BCUT2D eigenvalue weighted by Gasteiger charge is 2.06. The van der Waals surface area contributed by atoms with Crippen molar-refractivity contribution in [2.24, 2.45) is 5.73 Å². The van der Waals surface area contributed by atoms with Crippen LogP contribution in [0.3, 0.4) is 0 Å². The second-order valence-corrected chi connectivity index (χ2v) is 4.69. The van der Waals surface area contributed by atoms with Gasteiger partial charge in [-0.3, -0.25) is 0 Å². The van der Waals surface area contributed by atoms with Gasteiger partial charge in [-0.05, 0) is 41.7 Å². The van der Waals surface area contributed by atoms with Gasteiger partial charge in [-0.2, -0.15) is 0 Å². The van der Waals surface area contributed by atoms with Crippen molar-refractivity contribution in [3.63, 3.8) is 0 Å². The Morgan fingerprint density at radius 2 is 1.58 bits per heavy atom. The molecule has 0 fully saturated rings. The number of hydrogen-bond acceptors (Lipinski definition) is 2. The lowest BCUT2D eigenvalue weighted by atomic mass is 10.0. The molecule has 0 unspecified atom stereocenters. The Morgan fingerprint density at radius 1 is 0.947 bits per heavy atom. The van der Waals surface area contributed by atoms with Crippen molar-refractivity contribution >= 4 is 11.4 Å². The summed E-state index contributed by atoms with van der Waals surface area (Å²) in [7, 11) is 0. The van der Waals surface area contributed by atoms with Gasteiger partial charge < -0.3 is 11.1 Å². The van der Waals surface area contributed by atoms with Crippen LogP contribution >= 0.6 is 0 Å². The van der Waals surface area contributed by atoms with Gasteiger partial charge in [-0.25, -0.2) is 0 Å². The third-order valence-electron chi connectivity index (χ3n) is 3.43. The lowest BCUT2D eigenvalue weighted by Gasteiger charge is -2.16. The lowest BCUT2D eigenvalue weighted by Crippen LogP contribution is -2.01. The van der Waals surface area contributed by atoms with E-state index in [2.05, 4.69) is 55.6 Å². The highest BCUT2D eigenvalue weighted by Crippen LogP contribution is 2.26. The summed E-state index contributed by atoms with van der Waals surface area (Å²) in [6.07, 6.45) is 2.07. The normalized spacial score (nSPS) is 10.5. The molecule has 2 aromatic carbocycles. The van der Waals surface area contributed by atoms with Crippen LogP contribution in [0.15, 0.2) is 42.5 Å². The molecule has 0 saturated carbocycles. The molecule has 0 atom stereocenters. The minimum atomic E-state index is 0.575. The summed E-state index contributed by atoms with van der Waals surface area (Å²) in [5.74, 6) is 0. The predicted octanol–water partition coefficient (Wildman–Crippen LogP) is 4.01. The van der Waals surface area contributed by atoms with Crippen LogP contribution in [0, 0.1) is 0 Å². The number of hydrogen-bond donors (Lipinski definition) is 2. The zero-order valence-corrected chi connectivity index (χ0v) is 11.7. The Morgan fingerprint density at radius 3 is 2.16 bits per heavy atom. The smallest absolute Gasteiger partial charge is 0.0449 e. The van der Waals surface area contributed by atoms with E-state index in [-0.39, 0.29) is 0 Å². The number of nitrogens with two attached hydrogens (primary N) is 1. The average molecular weight is 254 g/mol. The molecule has 0 aliphatic heterocycles. The molecular formula is C17H22N2. The van der Waals surface area contributed by atoms with Crippen LogP contribution < -0.4 is 11.1 Å². The van der Waals surface area contributed by atoms with Gasteiger partial charge in [-0.1, -0.05) is 44.2 Å². The lowest BCUT2D eigenvalue weighted by molar-refractivity contribution is 1.07. The van der Waals surface area contributed by atoms with Crippen LogP contribution in [-0.4, -0.2) is 0 Å². The van der Waals surface area contributed by atoms with E-state index in [1.807, 2.05) is 6.07 Å². The number of anilines is 2. The molecule has 2 nitrogen and oxygen atoms in total. The molecule has 0 aliphatic carbocycles. The van der Waals surface area contributed by atoms with Crippen LogP contribution in [-0.2, 0) is 19.4 Å². The van der Waals surface area contributed by atoms with Crippen LogP contribution in [0.25, 0.3) is 0 Å². The maximum atomic E-state index is 5.70. The summed E-state index contributed by atoms with van der Waals surface area (Å²) in [4.78, 5) is 0. The van der Waals surface area contributed by atoms with Crippen molar-refractivity contribution in [1.82, 2.24) is 0 Å². The summed E-state index contributed by atoms with van der Waals surface area (Å²) >= 11 is 0. The summed E-state index contributed by atoms with van der Waals surface area (Å²) in [6.45, 7) is 4.96. The molecule has 2 aromatic rings. The molecule has 100 valence electrons. The van der Waals surface area contributed by atoms with Crippen molar-refractivity contribution in [3.8, 4) is 0 Å². The maximum Gasteiger partial charge on any atom is 0.0449 e. The highest BCUT2D eigenvalue weighted by molar-refractivity contribution is 5.67. The molecule has 2 heteroatoms. The van der Waals surface area contributed by atoms with E-state index < -0.39 is 0 Å². The topological polar surface area (TPSA) is 38.0 Å². The first kappa shape index (κ1) is 13.6. The number of nitrogens with one attached hydrogen (secondary N) is 1. The first-order valence-electron chi connectivity index (χ1n) is 6.95.